The number of ether oxygens (including phenoxy) is 1. The molecule has 29 nitrogen and oxygen atoms in total. The van der Waals surface area contributed by atoms with Crippen LogP contribution in [0.5, 0.6) is 17.4 Å². The van der Waals surface area contributed by atoms with E-state index in [-0.39, 0.29) is 157 Å². The van der Waals surface area contributed by atoms with Crippen molar-refractivity contribution < 1.29 is 167 Å². The Morgan fingerprint density at radius 2 is 0.761 bits per heavy atom. The second-order valence-corrected chi connectivity index (χ2v) is 34.3. The number of aromatic hydroxyl groups is 1. The number of para-hydroxylation sites is 2. The van der Waals surface area contributed by atoms with Crippen LogP contribution in [0.15, 0.2) is 284 Å². The molecule has 0 aliphatic heterocycles. The van der Waals surface area contributed by atoms with Crippen LogP contribution in [0.3, 0.4) is 0 Å². The first-order valence-corrected chi connectivity index (χ1v) is 45.0. The topological polar surface area (TPSA) is 279 Å². The van der Waals surface area contributed by atoms with Crippen molar-refractivity contribution in [2.45, 2.75) is 35.1 Å². The summed E-state index contributed by atoms with van der Waals surface area (Å²) in [5.41, 5.74) is 19.5. The van der Waals surface area contributed by atoms with Crippen molar-refractivity contribution in [1.29, 1.82) is 1.43 Å². The van der Waals surface area contributed by atoms with Crippen LogP contribution < -0.4 is 143 Å². The minimum Gasteiger partial charge on any atom is -0.508 e. The number of halogens is 6. The van der Waals surface area contributed by atoms with Crippen LogP contribution in [0.4, 0.5) is 49.9 Å². The molecule has 0 unspecified atom stereocenters. The minimum absolute atomic E-state index is 0. The second-order valence-electron chi connectivity index (χ2n) is 30.1. The van der Waals surface area contributed by atoms with E-state index in [0.29, 0.717) is 62.6 Å². The quantitative estimate of drug-likeness (QED) is 0.0334. The summed E-state index contributed by atoms with van der Waals surface area (Å²) in [5, 5.41) is 43.4. The molecule has 0 radical (unpaired) electrons. The number of pyridine rings is 9. The van der Waals surface area contributed by atoms with Crippen molar-refractivity contribution >= 4 is 257 Å². The van der Waals surface area contributed by atoms with Crippen LogP contribution in [-0.2, 0) is 9.68 Å². The Labute approximate surface area is 970 Å². The number of phenolic OH excluding ortho intramolecular Hbond substituents is 1. The first kappa shape index (κ1) is 104. The summed E-state index contributed by atoms with van der Waals surface area (Å²) < 4.78 is 34.8. The summed E-state index contributed by atoms with van der Waals surface area (Å²) in [6.07, 6.45) is 3.57. The third-order valence-electron chi connectivity index (χ3n) is 21.6. The summed E-state index contributed by atoms with van der Waals surface area (Å²) >= 11 is 16.7. The smallest absolute Gasteiger partial charge is 0.508 e. The number of aromatic amines is 1. The number of carbonyl (C=O) groups is 1. The zero-order valence-corrected chi connectivity index (χ0v) is 95.2. The average Bonchev–Trinajstić information content (AvgIpc) is 1.72. The van der Waals surface area contributed by atoms with Gasteiger partial charge in [-0.25, -0.2) is 48.7 Å². The van der Waals surface area contributed by atoms with Gasteiger partial charge in [0.1, 0.15) is 48.2 Å². The van der Waals surface area contributed by atoms with Crippen LogP contribution in [0, 0.1) is 87.4 Å². The maximum Gasteiger partial charge on any atom is 1.00 e. The van der Waals surface area contributed by atoms with Crippen molar-refractivity contribution in [3.8, 4) is 40.4 Å². The molecule has 0 spiro atoms. The molecule has 0 saturated heterocycles. The fourth-order valence-corrected chi connectivity index (χ4v) is 17.6. The number of rotatable bonds is 7. The van der Waals surface area contributed by atoms with Gasteiger partial charge in [-0.3, -0.25) is 57.8 Å². The number of hydrogen-bond acceptors (Lipinski definition) is 15. The molecule has 0 saturated carbocycles. The van der Waals surface area contributed by atoms with Crippen molar-refractivity contribution in [2.75, 3.05) is 0 Å². The van der Waals surface area contributed by atoms with E-state index in [1.165, 1.54) is 0 Å². The molecule has 0 fully saturated rings. The van der Waals surface area contributed by atoms with Gasteiger partial charge in [0, 0.05) is 82.9 Å². The Bertz CT molecular complexity index is 9080. The molecular weight excluding hydrogens is 2360 g/mol. The van der Waals surface area contributed by atoms with Crippen molar-refractivity contribution in [3.05, 3.63) is 405 Å². The minimum atomic E-state index is 0. The molecule has 678 valence electrons. The Morgan fingerprint density at radius 1 is 0.380 bits per heavy atom. The third kappa shape index (κ3) is 21.9. The molecule has 15 aromatic heterocycles. The van der Waals surface area contributed by atoms with E-state index >= 15 is 0 Å². The molecule has 0 aliphatic carbocycles. The fraction of sp³-hybridized carbons (Fsp3) is 0.0476. The standard InChI is InChI=1S/C34H19N7O.2C17H8BrN5.C17H12N2O.C9H8BrN3.C8H2Br2N2.CH2F.CH2O3.CH4.2Cs/c1-20-16-31-34-24(25-18-26(35-2)27(36-3)19-30(25)41(31)39-20)13-14-33(38-34)42-21-11-12-23-22-8-4-5-9-28(22)40(29(23)17-21)32-10-6-7-15-37-32;2*1-9-6-15-17-10(4-5-16(18)21-17)11-7-12(19-2)13(20-3)8-14(11)23(15)22-9;20-12-8-9-14-13-5-1-2-6-15(13)19(16(14)11-12)17-7-3-4-10-18-17;1-6-5-8(13-12-6)7-3-2-4-9(10)11-7;1-11-7-3-5(9)6(10)4-8(7)12-2;1-2;2-1-4-3;;;/h4-19H,1H3;2*4-8H,1H3;1-11,20H;2-5H,1H3,(H,12,13);3-4H;1H2;1,3H;1H4;;/q;;;;;;-1;;;2*+1/i/hD. The normalized spacial score (nSPS) is 10.5. The number of H-pyrrole nitrogens is 1. The van der Waals surface area contributed by atoms with Crippen LogP contribution in [-0.4, -0.2) is 94.9 Å². The summed E-state index contributed by atoms with van der Waals surface area (Å²) in [6, 6.07) is 78.5. The maximum atomic E-state index is 9.79. The molecule has 0 amide bonds. The van der Waals surface area contributed by atoms with Gasteiger partial charge in [-0.05, 0) is 237 Å². The molecule has 23 aromatic rings. The Kier molecular flexibility index (Phi) is 34.8. The molecule has 0 aliphatic rings. The van der Waals surface area contributed by atoms with E-state index in [0.717, 1.165) is 189 Å². The van der Waals surface area contributed by atoms with Gasteiger partial charge in [-0.1, -0.05) is 124 Å². The number of nitrogens with one attached hydrogen (secondary N) is 1. The van der Waals surface area contributed by atoms with Gasteiger partial charge in [-0.15, -0.1) is 0 Å². The number of aryl methyl sites for hydroxylation is 4. The largest absolute Gasteiger partial charge is 1.00 e. The molecule has 37 heteroatoms. The summed E-state index contributed by atoms with van der Waals surface area (Å²) in [5.74, 6) is 3.02. The van der Waals surface area contributed by atoms with Gasteiger partial charge in [0.05, 0.1) is 142 Å². The number of hydrogen-bond donors (Lipinski definition) is 3. The first-order chi connectivity index (χ1) is 68.1. The second kappa shape index (κ2) is 47.4. The van der Waals surface area contributed by atoms with E-state index < -0.39 is 0 Å². The van der Waals surface area contributed by atoms with Crippen LogP contribution in [0.2, 0.25) is 0 Å². The number of nitrogens with zero attached hydrogens (tertiary/aromatic N) is 23. The molecule has 0 atom stereocenters. The summed E-state index contributed by atoms with van der Waals surface area (Å²) in [6.45, 7) is 65.7. The number of aromatic nitrogens is 16. The molecule has 23 rings (SSSR count). The zero-order chi connectivity index (χ0) is 98.7. The van der Waals surface area contributed by atoms with Gasteiger partial charge in [-0.2, -0.15) is 27.6 Å². The number of fused-ring (bicyclic) bond motifs is 24. The molecule has 15 heterocycles. The van der Waals surface area contributed by atoms with Crippen LogP contribution in [0.25, 0.3) is 189 Å². The Hall–Kier alpha value is -13.5. The molecule has 142 heavy (non-hydrogen) atoms. The zero-order valence-electron chi connectivity index (χ0n) is 75.7. The molecular formula is C105H65Br5Cs2FN24O5+. The average molecular weight is 2430 g/mol. The van der Waals surface area contributed by atoms with Crippen LogP contribution >= 0.6 is 79.6 Å². The molecule has 8 aromatic carbocycles. The summed E-state index contributed by atoms with van der Waals surface area (Å²) in [4.78, 5) is 67.2. The fourth-order valence-electron chi connectivity index (χ4n) is 15.9. The maximum absolute atomic E-state index is 9.79. The third-order valence-corrected chi connectivity index (χ3v) is 24.8. The SMILES string of the molecule is C.Cc1cc(-c2cccc(Br)n2)n[nH]1.Oc1ccc2c3ccccc3n(-c3ccccn3)c2c1.[2H]OOC=O.[C-]#[N+]c1cc(Br)c(Br)cc1[N+]#[C-].[C-]#[N+]c1cc2c3ccc(Br)nc3c3cc(C)nn3c2cc1[N+]#[C-].[C-]#[N+]c1cc2c3ccc(Br)nc3c3cc(C)nn3c2cc1[N+]#[C-].[C-]#[N+]c1cc2c3ccc(Oc4ccc5c6ccccc6n(-c6ccccn6)c5c4)nc3c3cc(C)nn3c2cc1[N+]#[C-].[CH2-]F.[Cs+].[Cs+]. The van der Waals surface area contributed by atoms with E-state index in [9.17, 15) is 9.50 Å². The predicted molar refractivity (Wildman–Crippen MR) is 562 cm³/mol. The number of carbonyl (C=O) groups excluding carboxylic acids is 1. The van der Waals surface area contributed by atoms with E-state index in [4.69, 9.17) is 68.5 Å². The summed E-state index contributed by atoms with van der Waals surface area (Å²) in [7, 11) is 1.75. The Balaban J connectivity index is 0.000000148. The van der Waals surface area contributed by atoms with E-state index in [1.54, 1.807) is 93.8 Å². The first-order valence-electron chi connectivity index (χ1n) is 41.5. The number of benzene rings is 8. The van der Waals surface area contributed by atoms with Gasteiger partial charge in [0.2, 0.25) is 5.88 Å². The molecule has 3 N–H and O–H groups in total. The van der Waals surface area contributed by atoms with Crippen molar-refractivity contribution in [2.24, 2.45) is 0 Å². The predicted octanol–water partition coefficient (Wildman–Crippen LogP) is 24.9. The van der Waals surface area contributed by atoms with Gasteiger partial charge in [0.15, 0.2) is 45.5 Å². The Morgan fingerprint density at radius 3 is 1.15 bits per heavy atom. The van der Waals surface area contributed by atoms with Gasteiger partial charge < -0.3 is 19.1 Å². The van der Waals surface area contributed by atoms with Crippen molar-refractivity contribution in [3.63, 3.8) is 0 Å². The van der Waals surface area contributed by atoms with E-state index in [1.807, 2.05) is 185 Å². The monoisotopic (exact) mass is 2420 g/mol. The van der Waals surface area contributed by atoms with Gasteiger partial charge >= 0.3 is 144 Å². The van der Waals surface area contributed by atoms with Crippen LogP contribution in [0.1, 0.15) is 30.2 Å². The molecule has 0 bridgehead atoms. The number of phenols is 1. The van der Waals surface area contributed by atoms with Crippen molar-refractivity contribution in [1.82, 2.24) is 78.1 Å². The van der Waals surface area contributed by atoms with E-state index in [2.05, 4.69) is 218 Å². The van der Waals surface area contributed by atoms with Gasteiger partial charge in [0.25, 0.3) is 1.43 Å².